The van der Waals surface area contributed by atoms with Gasteiger partial charge in [0.25, 0.3) is 0 Å². The Hall–Kier alpha value is -1.40. The molecule has 0 bridgehead atoms. The number of aliphatic carboxylic acids is 1. The largest absolute Gasteiger partial charge is 0.480 e. The predicted octanol–water partition coefficient (Wildman–Crippen LogP) is 1.41. The predicted molar refractivity (Wildman–Crippen MR) is 75.1 cm³/mol. The smallest absolute Gasteiger partial charge is 0.317 e. The van der Waals surface area contributed by atoms with Crippen molar-refractivity contribution in [3.8, 4) is 0 Å². The number of carboxylic acids is 1. The average Bonchev–Trinajstić information content (AvgIpc) is 2.77. The maximum absolute atomic E-state index is 11.8. The summed E-state index contributed by atoms with van der Waals surface area (Å²) < 4.78 is 0. The van der Waals surface area contributed by atoms with Crippen molar-refractivity contribution >= 4 is 23.2 Å². The quantitative estimate of drug-likeness (QED) is 0.757. The van der Waals surface area contributed by atoms with E-state index in [0.29, 0.717) is 19.0 Å². The first-order chi connectivity index (χ1) is 8.97. The van der Waals surface area contributed by atoms with E-state index in [2.05, 4.69) is 5.32 Å². The van der Waals surface area contributed by atoms with Crippen LogP contribution in [0.2, 0.25) is 0 Å². The van der Waals surface area contributed by atoms with Gasteiger partial charge in [0.05, 0.1) is 19.6 Å². The number of amides is 1. The normalized spacial score (nSPS) is 10.9. The van der Waals surface area contributed by atoms with Gasteiger partial charge in [-0.2, -0.15) is 0 Å². The summed E-state index contributed by atoms with van der Waals surface area (Å²) in [4.78, 5) is 25.3. The van der Waals surface area contributed by atoms with Gasteiger partial charge in [-0.05, 0) is 17.4 Å². The molecule has 0 aliphatic carbocycles. The molecule has 1 heterocycles. The minimum absolute atomic E-state index is 0.107. The summed E-state index contributed by atoms with van der Waals surface area (Å²) in [5.74, 6) is -0.730. The van der Waals surface area contributed by atoms with Crippen LogP contribution in [0.4, 0.5) is 0 Å². The SMILES string of the molecule is CC(C)CN(CC(=O)O)CC(=O)NCc1cccs1. The monoisotopic (exact) mass is 284 g/mol. The van der Waals surface area contributed by atoms with Gasteiger partial charge in [-0.25, -0.2) is 0 Å². The summed E-state index contributed by atoms with van der Waals surface area (Å²) in [5, 5.41) is 13.6. The molecule has 0 fully saturated rings. The number of thiophene rings is 1. The lowest BCUT2D eigenvalue weighted by Gasteiger charge is -2.21. The molecule has 5 nitrogen and oxygen atoms in total. The third-order valence-corrected chi connectivity index (χ3v) is 3.27. The van der Waals surface area contributed by atoms with Gasteiger partial charge >= 0.3 is 5.97 Å². The van der Waals surface area contributed by atoms with Crippen molar-refractivity contribution < 1.29 is 14.7 Å². The molecular weight excluding hydrogens is 264 g/mol. The van der Waals surface area contributed by atoms with E-state index < -0.39 is 5.97 Å². The molecule has 0 aromatic carbocycles. The second-order valence-corrected chi connectivity index (χ2v) is 5.85. The van der Waals surface area contributed by atoms with Crippen molar-refractivity contribution in [3.63, 3.8) is 0 Å². The Morgan fingerprint density at radius 1 is 1.42 bits per heavy atom. The van der Waals surface area contributed by atoms with Crippen LogP contribution in [-0.2, 0) is 16.1 Å². The topological polar surface area (TPSA) is 69.6 Å². The maximum Gasteiger partial charge on any atom is 0.317 e. The first-order valence-electron chi connectivity index (χ1n) is 6.20. The number of carboxylic acid groups (broad SMARTS) is 1. The Morgan fingerprint density at radius 3 is 2.68 bits per heavy atom. The Labute approximate surface area is 117 Å². The van der Waals surface area contributed by atoms with Crippen molar-refractivity contribution in [2.24, 2.45) is 5.92 Å². The van der Waals surface area contributed by atoms with Gasteiger partial charge in [0.15, 0.2) is 0 Å². The molecule has 106 valence electrons. The van der Waals surface area contributed by atoms with Crippen LogP contribution in [0.1, 0.15) is 18.7 Å². The van der Waals surface area contributed by atoms with Crippen molar-refractivity contribution in [1.82, 2.24) is 10.2 Å². The number of nitrogens with zero attached hydrogens (tertiary/aromatic N) is 1. The number of carbonyl (C=O) groups is 2. The summed E-state index contributed by atoms with van der Waals surface area (Å²) in [7, 11) is 0. The molecule has 2 N–H and O–H groups in total. The molecular formula is C13H20N2O3S. The number of hydrogen-bond donors (Lipinski definition) is 2. The molecule has 0 saturated heterocycles. The first-order valence-corrected chi connectivity index (χ1v) is 7.08. The molecule has 0 unspecified atom stereocenters. The molecule has 19 heavy (non-hydrogen) atoms. The lowest BCUT2D eigenvalue weighted by Crippen LogP contribution is -2.41. The molecule has 0 radical (unpaired) electrons. The number of hydrogen-bond acceptors (Lipinski definition) is 4. The van der Waals surface area contributed by atoms with Gasteiger partial charge < -0.3 is 10.4 Å². The van der Waals surface area contributed by atoms with Crippen LogP contribution in [-0.4, -0.2) is 41.5 Å². The molecule has 1 amide bonds. The minimum Gasteiger partial charge on any atom is -0.480 e. The summed E-state index contributed by atoms with van der Waals surface area (Å²) in [5.41, 5.74) is 0. The molecule has 0 aliphatic rings. The standard InChI is InChI=1S/C13H20N2O3S/c1-10(2)7-15(9-13(17)18)8-12(16)14-6-11-4-3-5-19-11/h3-5,10H,6-9H2,1-2H3,(H,14,16)(H,17,18). The summed E-state index contributed by atoms with van der Waals surface area (Å²) in [6, 6.07) is 3.88. The van der Waals surface area contributed by atoms with E-state index in [9.17, 15) is 9.59 Å². The molecule has 0 saturated carbocycles. The fraction of sp³-hybridized carbons (Fsp3) is 0.538. The number of rotatable bonds is 8. The summed E-state index contributed by atoms with van der Waals surface area (Å²) in [6.07, 6.45) is 0. The molecule has 1 rings (SSSR count). The molecule has 6 heteroatoms. The second-order valence-electron chi connectivity index (χ2n) is 4.81. The highest BCUT2D eigenvalue weighted by Crippen LogP contribution is 2.07. The van der Waals surface area contributed by atoms with Gasteiger partial charge in [0, 0.05) is 11.4 Å². The van der Waals surface area contributed by atoms with Crippen LogP contribution in [0, 0.1) is 5.92 Å². The van der Waals surface area contributed by atoms with E-state index in [4.69, 9.17) is 5.11 Å². The minimum atomic E-state index is -0.910. The molecule has 1 aromatic rings. The van der Waals surface area contributed by atoms with Crippen LogP contribution in [0.5, 0.6) is 0 Å². The fourth-order valence-electron chi connectivity index (χ4n) is 1.75. The van der Waals surface area contributed by atoms with Crippen molar-refractivity contribution in [2.45, 2.75) is 20.4 Å². The highest BCUT2D eigenvalue weighted by molar-refractivity contribution is 7.09. The average molecular weight is 284 g/mol. The highest BCUT2D eigenvalue weighted by Gasteiger charge is 2.15. The zero-order valence-corrected chi connectivity index (χ0v) is 12.1. The summed E-state index contributed by atoms with van der Waals surface area (Å²) >= 11 is 1.58. The lowest BCUT2D eigenvalue weighted by molar-refractivity contribution is -0.138. The molecule has 0 aliphatic heterocycles. The number of carbonyl (C=O) groups excluding carboxylic acids is 1. The van der Waals surface area contributed by atoms with Crippen molar-refractivity contribution in [2.75, 3.05) is 19.6 Å². The van der Waals surface area contributed by atoms with Crippen LogP contribution in [0.25, 0.3) is 0 Å². The van der Waals surface area contributed by atoms with Crippen LogP contribution >= 0.6 is 11.3 Å². The van der Waals surface area contributed by atoms with E-state index >= 15 is 0 Å². The highest BCUT2D eigenvalue weighted by atomic mass is 32.1. The van der Waals surface area contributed by atoms with E-state index in [0.717, 1.165) is 4.88 Å². The van der Waals surface area contributed by atoms with Gasteiger partial charge in [-0.3, -0.25) is 14.5 Å². The second kappa shape index (κ2) is 7.91. The zero-order valence-electron chi connectivity index (χ0n) is 11.3. The van der Waals surface area contributed by atoms with Gasteiger partial charge in [-0.15, -0.1) is 11.3 Å². The van der Waals surface area contributed by atoms with E-state index in [1.165, 1.54) is 0 Å². The van der Waals surface area contributed by atoms with Crippen LogP contribution < -0.4 is 5.32 Å². The van der Waals surface area contributed by atoms with E-state index in [1.54, 1.807) is 16.2 Å². The third kappa shape index (κ3) is 6.93. The number of nitrogens with one attached hydrogen (secondary N) is 1. The third-order valence-electron chi connectivity index (χ3n) is 2.39. The Kier molecular flexibility index (Phi) is 6.52. The first kappa shape index (κ1) is 15.7. The molecule has 0 spiro atoms. The van der Waals surface area contributed by atoms with Crippen LogP contribution in [0.3, 0.4) is 0 Å². The van der Waals surface area contributed by atoms with E-state index in [-0.39, 0.29) is 19.0 Å². The maximum atomic E-state index is 11.8. The van der Waals surface area contributed by atoms with Crippen molar-refractivity contribution in [1.29, 1.82) is 0 Å². The lowest BCUT2D eigenvalue weighted by atomic mass is 10.2. The van der Waals surface area contributed by atoms with Gasteiger partial charge in [0.1, 0.15) is 0 Å². The fourth-order valence-corrected chi connectivity index (χ4v) is 2.40. The Morgan fingerprint density at radius 2 is 2.16 bits per heavy atom. The Balaban J connectivity index is 2.39. The van der Waals surface area contributed by atoms with Crippen LogP contribution in [0.15, 0.2) is 17.5 Å². The summed E-state index contributed by atoms with van der Waals surface area (Å²) in [6.45, 7) is 5.11. The Bertz CT molecular complexity index is 404. The van der Waals surface area contributed by atoms with Crippen molar-refractivity contribution in [3.05, 3.63) is 22.4 Å². The van der Waals surface area contributed by atoms with E-state index in [1.807, 2.05) is 31.4 Å². The van der Waals surface area contributed by atoms with Gasteiger partial charge in [-0.1, -0.05) is 19.9 Å². The zero-order chi connectivity index (χ0) is 14.3. The van der Waals surface area contributed by atoms with Gasteiger partial charge in [0.2, 0.25) is 5.91 Å². The molecule has 0 atom stereocenters. The molecule has 1 aromatic heterocycles.